The molecule has 1 heterocycles. The molecule has 1 aliphatic rings. The molecule has 15 rings (SSSR count). The number of hydrogen-bond acceptors (Lipinski definition) is 1. The van der Waals surface area contributed by atoms with Crippen molar-refractivity contribution >= 4 is 38.9 Å². The fourth-order valence-electron chi connectivity index (χ4n) is 13.2. The van der Waals surface area contributed by atoms with Crippen LogP contribution in [0.2, 0.25) is 0 Å². The van der Waals surface area contributed by atoms with Crippen LogP contribution in [-0.4, -0.2) is 4.57 Å². The largest absolute Gasteiger partial charge is 0.310 e. The second-order valence-electron chi connectivity index (χ2n) is 21.1. The van der Waals surface area contributed by atoms with Crippen LogP contribution in [0.5, 0.6) is 0 Å². The minimum atomic E-state index is -0.487. The Labute approximate surface area is 473 Å². The number of rotatable bonds is 11. The number of fused-ring (bicyclic) bond motifs is 6. The van der Waals surface area contributed by atoms with Crippen molar-refractivity contribution in [2.75, 3.05) is 4.90 Å². The molecule has 0 aliphatic heterocycles. The number of para-hydroxylation sites is 4. The molecule has 0 bridgehead atoms. The quantitative estimate of drug-likeness (QED) is 0.125. The maximum absolute atomic E-state index is 2.46. The first-order valence-corrected chi connectivity index (χ1v) is 28.0. The van der Waals surface area contributed by atoms with Crippen molar-refractivity contribution in [3.63, 3.8) is 0 Å². The lowest BCUT2D eigenvalue weighted by Gasteiger charge is -2.34. The van der Waals surface area contributed by atoms with Gasteiger partial charge in [0.05, 0.1) is 22.1 Å². The first-order chi connectivity index (χ1) is 40.2. The summed E-state index contributed by atoms with van der Waals surface area (Å²) in [6.07, 6.45) is 0. The van der Waals surface area contributed by atoms with Crippen molar-refractivity contribution in [3.05, 3.63) is 350 Å². The van der Waals surface area contributed by atoms with Gasteiger partial charge in [-0.05, 0) is 132 Å². The van der Waals surface area contributed by atoms with Gasteiger partial charge in [-0.15, -0.1) is 0 Å². The van der Waals surface area contributed by atoms with Gasteiger partial charge in [-0.1, -0.05) is 273 Å². The van der Waals surface area contributed by atoms with Crippen LogP contribution in [0.1, 0.15) is 22.3 Å². The molecule has 0 amide bonds. The van der Waals surface area contributed by atoms with Crippen LogP contribution in [0.15, 0.2) is 328 Å². The number of nitrogens with zero attached hydrogens (tertiary/aromatic N) is 2. The molecule has 2 heteroatoms. The molecule has 14 aromatic rings. The van der Waals surface area contributed by atoms with E-state index in [0.29, 0.717) is 0 Å². The van der Waals surface area contributed by atoms with Crippen LogP contribution in [0.25, 0.3) is 94.3 Å². The first kappa shape index (κ1) is 47.7. The van der Waals surface area contributed by atoms with Crippen LogP contribution in [-0.2, 0) is 5.41 Å². The predicted molar refractivity (Wildman–Crippen MR) is 340 cm³/mol. The van der Waals surface area contributed by atoms with E-state index in [-0.39, 0.29) is 0 Å². The standard InChI is InChI=1S/C79H54N2/c1-5-24-56(25-6-1)64-32-13-14-33-66(64)67-34-15-16-35-68(67)71-37-18-21-42-76(71)80(63-51-46-57(47-52-63)65-39-23-40-73-72-38-19-22-43-77(72)81(78(65)73)61-30-11-4-12-31-61)62-49-44-55(45-50-62)58-48-53-70-69-36-17-20-41-74(69)79(75(70)54-58,59-26-7-2-8-27-59)60-28-9-3-10-29-60/h1-54H. The molecular weight excluding hydrogens is 977 g/mol. The smallest absolute Gasteiger partial charge is 0.0713 e. The highest BCUT2D eigenvalue weighted by Gasteiger charge is 2.46. The molecule has 0 atom stereocenters. The molecule has 0 radical (unpaired) electrons. The molecule has 1 aromatic heterocycles. The molecule has 1 aliphatic carbocycles. The zero-order chi connectivity index (χ0) is 53.7. The Morgan fingerprint density at radius 1 is 0.259 bits per heavy atom. The van der Waals surface area contributed by atoms with E-state index >= 15 is 0 Å². The Balaban J connectivity index is 0.890. The molecule has 81 heavy (non-hydrogen) atoms. The fourth-order valence-corrected chi connectivity index (χ4v) is 13.2. The van der Waals surface area contributed by atoms with E-state index in [9.17, 15) is 0 Å². The van der Waals surface area contributed by atoms with Gasteiger partial charge in [-0.3, -0.25) is 0 Å². The maximum Gasteiger partial charge on any atom is 0.0713 e. The molecule has 380 valence electrons. The molecule has 0 fully saturated rings. The second-order valence-corrected chi connectivity index (χ2v) is 21.1. The van der Waals surface area contributed by atoms with Crippen LogP contribution in [0, 0.1) is 0 Å². The van der Waals surface area contributed by atoms with E-state index in [2.05, 4.69) is 337 Å². The Bertz CT molecular complexity index is 4560. The lowest BCUT2D eigenvalue weighted by atomic mass is 9.67. The van der Waals surface area contributed by atoms with Crippen molar-refractivity contribution in [1.29, 1.82) is 0 Å². The lowest BCUT2D eigenvalue weighted by Crippen LogP contribution is -2.28. The molecule has 0 saturated heterocycles. The van der Waals surface area contributed by atoms with Crippen LogP contribution >= 0.6 is 0 Å². The third-order valence-corrected chi connectivity index (χ3v) is 16.7. The molecule has 2 nitrogen and oxygen atoms in total. The van der Waals surface area contributed by atoms with Crippen molar-refractivity contribution < 1.29 is 0 Å². The third-order valence-electron chi connectivity index (χ3n) is 16.7. The normalized spacial score (nSPS) is 12.3. The molecule has 0 saturated carbocycles. The van der Waals surface area contributed by atoms with Crippen molar-refractivity contribution in [2.45, 2.75) is 5.41 Å². The van der Waals surface area contributed by atoms with Crippen LogP contribution in [0.4, 0.5) is 17.1 Å². The average Bonchev–Trinajstić information content (AvgIpc) is 4.13. The summed E-state index contributed by atoms with van der Waals surface area (Å²) in [7, 11) is 0. The maximum atomic E-state index is 2.46. The zero-order valence-corrected chi connectivity index (χ0v) is 44.6. The number of aromatic nitrogens is 1. The van der Waals surface area contributed by atoms with E-state index in [1.165, 1.54) is 88.6 Å². The van der Waals surface area contributed by atoms with Crippen molar-refractivity contribution in [3.8, 4) is 72.4 Å². The van der Waals surface area contributed by atoms with Crippen molar-refractivity contribution in [2.24, 2.45) is 0 Å². The monoisotopic (exact) mass is 1030 g/mol. The van der Waals surface area contributed by atoms with Gasteiger partial charge < -0.3 is 9.47 Å². The van der Waals surface area contributed by atoms with Crippen LogP contribution < -0.4 is 4.90 Å². The molecule has 13 aromatic carbocycles. The number of hydrogen-bond donors (Lipinski definition) is 0. The summed E-state index contributed by atoms with van der Waals surface area (Å²) in [5.41, 5.74) is 25.6. The predicted octanol–water partition coefficient (Wildman–Crippen LogP) is 21.0. The zero-order valence-electron chi connectivity index (χ0n) is 44.6. The van der Waals surface area contributed by atoms with Gasteiger partial charge in [0.2, 0.25) is 0 Å². The van der Waals surface area contributed by atoms with Gasteiger partial charge in [-0.2, -0.15) is 0 Å². The molecular formula is C79H54N2. The molecule has 0 unspecified atom stereocenters. The van der Waals surface area contributed by atoms with Crippen molar-refractivity contribution in [1.82, 2.24) is 4.57 Å². The van der Waals surface area contributed by atoms with Gasteiger partial charge in [0, 0.05) is 39.0 Å². The van der Waals surface area contributed by atoms with Gasteiger partial charge in [-0.25, -0.2) is 0 Å². The summed E-state index contributed by atoms with van der Waals surface area (Å²) in [6, 6.07) is 120. The summed E-state index contributed by atoms with van der Waals surface area (Å²) in [5, 5.41) is 2.47. The third kappa shape index (κ3) is 7.95. The van der Waals surface area contributed by atoms with E-state index < -0.39 is 5.41 Å². The summed E-state index contributed by atoms with van der Waals surface area (Å²) in [6.45, 7) is 0. The summed E-state index contributed by atoms with van der Waals surface area (Å²) < 4.78 is 2.43. The fraction of sp³-hybridized carbons (Fsp3) is 0.0127. The van der Waals surface area contributed by atoms with E-state index in [1.807, 2.05) is 0 Å². The Morgan fingerprint density at radius 2 is 0.704 bits per heavy atom. The Hall–Kier alpha value is -10.5. The van der Waals surface area contributed by atoms with Crippen LogP contribution in [0.3, 0.4) is 0 Å². The molecule has 0 N–H and O–H groups in total. The lowest BCUT2D eigenvalue weighted by molar-refractivity contribution is 0.769. The summed E-state index contributed by atoms with van der Waals surface area (Å²) in [5.74, 6) is 0. The summed E-state index contributed by atoms with van der Waals surface area (Å²) in [4.78, 5) is 2.44. The first-order valence-electron chi connectivity index (χ1n) is 28.0. The minimum absolute atomic E-state index is 0.487. The Morgan fingerprint density at radius 3 is 1.37 bits per heavy atom. The minimum Gasteiger partial charge on any atom is -0.310 e. The van der Waals surface area contributed by atoms with Gasteiger partial charge in [0.25, 0.3) is 0 Å². The van der Waals surface area contributed by atoms with E-state index in [1.54, 1.807) is 0 Å². The number of benzene rings is 13. The second kappa shape index (κ2) is 20.0. The van der Waals surface area contributed by atoms with Gasteiger partial charge >= 0.3 is 0 Å². The number of anilines is 3. The molecule has 0 spiro atoms. The van der Waals surface area contributed by atoms with E-state index in [0.717, 1.165) is 45.0 Å². The highest BCUT2D eigenvalue weighted by atomic mass is 15.1. The highest BCUT2D eigenvalue weighted by Crippen LogP contribution is 2.57. The topological polar surface area (TPSA) is 8.17 Å². The highest BCUT2D eigenvalue weighted by molar-refractivity contribution is 6.14. The average molecular weight is 1030 g/mol. The summed E-state index contributed by atoms with van der Waals surface area (Å²) >= 11 is 0. The van der Waals surface area contributed by atoms with Gasteiger partial charge in [0.1, 0.15) is 0 Å². The van der Waals surface area contributed by atoms with E-state index in [4.69, 9.17) is 0 Å². The Kier molecular flexibility index (Phi) is 11.8. The van der Waals surface area contributed by atoms with Gasteiger partial charge in [0.15, 0.2) is 0 Å². The SMILES string of the molecule is c1ccc(-c2ccccc2-c2ccccc2-c2ccccc2N(c2ccc(-c3ccc4c(c3)C(c3ccccc3)(c3ccccc3)c3ccccc3-4)cc2)c2ccc(-c3cccc4c5ccccc5n(-c5ccccc5)c34)cc2)cc1.